The van der Waals surface area contributed by atoms with E-state index in [0.717, 1.165) is 4.47 Å². The number of hydrogen-bond acceptors (Lipinski definition) is 2. The van der Waals surface area contributed by atoms with Crippen molar-refractivity contribution in [2.24, 2.45) is 0 Å². The molecular formula is C14H18BrClN2O. The van der Waals surface area contributed by atoms with Crippen LogP contribution in [-0.4, -0.2) is 36.5 Å². The summed E-state index contributed by atoms with van der Waals surface area (Å²) < 4.78 is 0.723. The second-order valence-electron chi connectivity index (χ2n) is 5.08. The van der Waals surface area contributed by atoms with Crippen LogP contribution in [0.15, 0.2) is 22.7 Å². The Labute approximate surface area is 127 Å². The van der Waals surface area contributed by atoms with Gasteiger partial charge in [-0.2, -0.15) is 0 Å². The summed E-state index contributed by atoms with van der Waals surface area (Å²) in [5.74, 6) is -0.0698. The highest BCUT2D eigenvalue weighted by Gasteiger charge is 2.29. The predicted molar refractivity (Wildman–Crippen MR) is 81.7 cm³/mol. The van der Waals surface area contributed by atoms with Gasteiger partial charge in [0.15, 0.2) is 0 Å². The lowest BCUT2D eigenvalue weighted by molar-refractivity contribution is 0.0939. The van der Waals surface area contributed by atoms with Crippen molar-refractivity contribution in [2.45, 2.75) is 31.8 Å². The van der Waals surface area contributed by atoms with Crippen LogP contribution >= 0.6 is 27.5 Å². The highest BCUT2D eigenvalue weighted by molar-refractivity contribution is 9.10. The molecular weight excluding hydrogens is 328 g/mol. The van der Waals surface area contributed by atoms with Crippen LogP contribution in [0.5, 0.6) is 0 Å². The number of hydrogen-bond donors (Lipinski definition) is 1. The van der Waals surface area contributed by atoms with Crippen molar-refractivity contribution >= 4 is 33.4 Å². The number of rotatable bonds is 5. The summed E-state index contributed by atoms with van der Waals surface area (Å²) in [6.07, 6.45) is 2.55. The van der Waals surface area contributed by atoms with Gasteiger partial charge in [-0.25, -0.2) is 0 Å². The molecule has 0 spiro atoms. The Morgan fingerprint density at radius 1 is 1.58 bits per heavy atom. The summed E-state index contributed by atoms with van der Waals surface area (Å²) in [5, 5.41) is 3.58. The molecule has 0 heterocycles. The minimum atomic E-state index is -0.0698. The third-order valence-electron chi connectivity index (χ3n) is 3.55. The Morgan fingerprint density at radius 3 is 2.84 bits per heavy atom. The quantitative estimate of drug-likeness (QED) is 0.888. The molecule has 1 amide bonds. The van der Waals surface area contributed by atoms with E-state index in [1.54, 1.807) is 18.2 Å². The number of carbonyl (C=O) groups is 1. The van der Waals surface area contributed by atoms with E-state index in [1.807, 2.05) is 0 Å². The van der Waals surface area contributed by atoms with Gasteiger partial charge in [-0.05, 0) is 60.9 Å². The summed E-state index contributed by atoms with van der Waals surface area (Å²) in [6, 6.07) is 6.24. The third kappa shape index (κ3) is 3.94. The molecule has 1 aromatic rings. The molecule has 0 bridgehead atoms. The van der Waals surface area contributed by atoms with Crippen LogP contribution in [0.1, 0.15) is 30.1 Å². The van der Waals surface area contributed by atoms with Crippen LogP contribution in [0.4, 0.5) is 0 Å². The number of nitrogens with zero attached hydrogens (tertiary/aromatic N) is 1. The molecule has 0 aromatic heterocycles. The molecule has 1 aliphatic carbocycles. The fourth-order valence-corrected chi connectivity index (χ4v) is 2.86. The van der Waals surface area contributed by atoms with E-state index in [2.05, 4.69) is 40.1 Å². The van der Waals surface area contributed by atoms with Gasteiger partial charge in [-0.15, -0.1) is 0 Å². The van der Waals surface area contributed by atoms with Crippen LogP contribution in [0.25, 0.3) is 0 Å². The Hall–Kier alpha value is -0.580. The lowest BCUT2D eigenvalue weighted by Gasteiger charge is -2.24. The zero-order valence-corrected chi connectivity index (χ0v) is 13.5. The maximum absolute atomic E-state index is 12.1. The van der Waals surface area contributed by atoms with Crippen LogP contribution in [0.3, 0.4) is 0 Å². The summed E-state index contributed by atoms with van der Waals surface area (Å²) in [6.45, 7) is 2.79. The molecule has 104 valence electrons. The van der Waals surface area contributed by atoms with Gasteiger partial charge in [0.2, 0.25) is 0 Å². The van der Waals surface area contributed by atoms with Gasteiger partial charge in [0.25, 0.3) is 5.91 Å². The lowest BCUT2D eigenvalue weighted by atomic mass is 10.2. The normalized spacial score (nSPS) is 16.5. The standard InChI is InChI=1S/C14H18BrClN2O/c1-9(18(2)11-4-5-11)8-17-14(19)12-6-3-10(16)7-13(12)15/h3,6-7,9,11H,4-5,8H2,1-2H3,(H,17,19). The molecule has 0 radical (unpaired) electrons. The average molecular weight is 346 g/mol. The predicted octanol–water partition coefficient (Wildman–Crippen LogP) is 3.32. The molecule has 0 saturated heterocycles. The molecule has 1 unspecified atom stereocenters. The Kier molecular flexibility index (Phi) is 4.87. The van der Waals surface area contributed by atoms with Gasteiger partial charge in [0.05, 0.1) is 5.56 Å². The van der Waals surface area contributed by atoms with Crippen LogP contribution < -0.4 is 5.32 Å². The number of carbonyl (C=O) groups excluding carboxylic acids is 1. The van der Waals surface area contributed by atoms with Crippen LogP contribution in [0, 0.1) is 0 Å². The molecule has 1 atom stereocenters. The van der Waals surface area contributed by atoms with Crippen molar-refractivity contribution in [2.75, 3.05) is 13.6 Å². The summed E-state index contributed by atoms with van der Waals surface area (Å²) in [7, 11) is 2.12. The number of amides is 1. The van der Waals surface area contributed by atoms with E-state index in [4.69, 9.17) is 11.6 Å². The topological polar surface area (TPSA) is 32.3 Å². The van der Waals surface area contributed by atoms with E-state index in [-0.39, 0.29) is 5.91 Å². The molecule has 1 saturated carbocycles. The molecule has 19 heavy (non-hydrogen) atoms. The molecule has 3 nitrogen and oxygen atoms in total. The maximum Gasteiger partial charge on any atom is 0.252 e. The van der Waals surface area contributed by atoms with Crippen molar-refractivity contribution in [3.63, 3.8) is 0 Å². The first-order chi connectivity index (χ1) is 8.99. The van der Waals surface area contributed by atoms with Gasteiger partial charge >= 0.3 is 0 Å². The first-order valence-corrected chi connectivity index (χ1v) is 7.61. The first kappa shape index (κ1) is 14.8. The Bertz CT molecular complexity index is 477. The molecule has 1 aromatic carbocycles. The monoisotopic (exact) mass is 344 g/mol. The zero-order chi connectivity index (χ0) is 14.0. The van der Waals surface area contributed by atoms with E-state index in [1.165, 1.54) is 12.8 Å². The summed E-state index contributed by atoms with van der Waals surface area (Å²) in [4.78, 5) is 14.4. The van der Waals surface area contributed by atoms with E-state index < -0.39 is 0 Å². The number of nitrogens with one attached hydrogen (secondary N) is 1. The smallest absolute Gasteiger partial charge is 0.252 e. The van der Waals surface area contributed by atoms with Crippen molar-refractivity contribution < 1.29 is 4.79 Å². The van der Waals surface area contributed by atoms with Gasteiger partial charge in [0.1, 0.15) is 0 Å². The third-order valence-corrected chi connectivity index (χ3v) is 4.44. The number of likely N-dealkylation sites (N-methyl/N-ethyl adjacent to an activating group) is 1. The Balaban J connectivity index is 1.89. The highest BCUT2D eigenvalue weighted by Crippen LogP contribution is 2.26. The maximum atomic E-state index is 12.1. The fourth-order valence-electron chi connectivity index (χ4n) is 1.99. The molecule has 2 rings (SSSR count). The molecule has 1 aliphatic rings. The molecule has 1 N–H and O–H groups in total. The minimum absolute atomic E-state index is 0.0698. The van der Waals surface area contributed by atoms with Gasteiger partial charge in [0, 0.05) is 28.1 Å². The SMILES string of the molecule is CC(CNC(=O)c1ccc(Cl)cc1Br)N(C)C1CC1. The largest absolute Gasteiger partial charge is 0.350 e. The summed E-state index contributed by atoms with van der Waals surface area (Å²) >= 11 is 9.23. The number of halogens is 2. The molecule has 1 fully saturated rings. The van der Waals surface area contributed by atoms with E-state index in [0.29, 0.717) is 29.2 Å². The van der Waals surface area contributed by atoms with Crippen molar-refractivity contribution in [1.29, 1.82) is 0 Å². The summed E-state index contributed by atoms with van der Waals surface area (Å²) in [5.41, 5.74) is 0.616. The van der Waals surface area contributed by atoms with Gasteiger partial charge in [-0.3, -0.25) is 9.69 Å². The van der Waals surface area contributed by atoms with Crippen LogP contribution in [-0.2, 0) is 0 Å². The molecule has 0 aliphatic heterocycles. The van der Waals surface area contributed by atoms with Crippen molar-refractivity contribution in [3.05, 3.63) is 33.3 Å². The van der Waals surface area contributed by atoms with Gasteiger partial charge < -0.3 is 5.32 Å². The second kappa shape index (κ2) is 6.25. The van der Waals surface area contributed by atoms with Crippen molar-refractivity contribution in [3.8, 4) is 0 Å². The van der Waals surface area contributed by atoms with E-state index in [9.17, 15) is 4.79 Å². The lowest BCUT2D eigenvalue weighted by Crippen LogP contribution is -2.41. The first-order valence-electron chi connectivity index (χ1n) is 6.44. The van der Waals surface area contributed by atoms with Crippen molar-refractivity contribution in [1.82, 2.24) is 10.2 Å². The average Bonchev–Trinajstić information content (AvgIpc) is 3.18. The Morgan fingerprint density at radius 2 is 2.26 bits per heavy atom. The van der Waals surface area contributed by atoms with Gasteiger partial charge in [-0.1, -0.05) is 11.6 Å². The zero-order valence-electron chi connectivity index (χ0n) is 11.1. The van der Waals surface area contributed by atoms with E-state index >= 15 is 0 Å². The molecule has 5 heteroatoms. The van der Waals surface area contributed by atoms with Crippen LogP contribution in [0.2, 0.25) is 5.02 Å². The minimum Gasteiger partial charge on any atom is -0.350 e. The second-order valence-corrected chi connectivity index (χ2v) is 6.37. The fraction of sp³-hybridized carbons (Fsp3) is 0.500. The highest BCUT2D eigenvalue weighted by atomic mass is 79.9. The number of benzene rings is 1.